The summed E-state index contributed by atoms with van der Waals surface area (Å²) in [5.74, 6) is 0. The Balaban J connectivity index is 3.03. The maximum atomic E-state index is 5.60. The minimum Gasteiger partial charge on any atom is -0.399 e. The molecule has 1 aromatic rings. The van der Waals surface area contributed by atoms with E-state index in [9.17, 15) is 0 Å². The molecule has 0 aromatic heterocycles. The molecule has 0 aliphatic carbocycles. The number of hydrogen-bond acceptors (Lipinski definition) is 1. The highest BCUT2D eigenvalue weighted by Crippen LogP contribution is 2.15. The monoisotopic (exact) mass is 157 g/mol. The van der Waals surface area contributed by atoms with Gasteiger partial charge >= 0.3 is 0 Å². The molecular formula is C11H11N. The molecule has 0 bridgehead atoms. The third-order valence-corrected chi connectivity index (χ3v) is 1.53. The van der Waals surface area contributed by atoms with Gasteiger partial charge in [0.15, 0.2) is 0 Å². The molecule has 12 heavy (non-hydrogen) atoms. The van der Waals surface area contributed by atoms with Crippen LogP contribution in [0.3, 0.4) is 0 Å². The molecule has 0 saturated carbocycles. The van der Waals surface area contributed by atoms with Gasteiger partial charge in [0.05, 0.1) is 0 Å². The number of benzene rings is 1. The van der Waals surface area contributed by atoms with Crippen LogP contribution in [0.15, 0.2) is 49.2 Å². The zero-order valence-corrected chi connectivity index (χ0v) is 6.88. The lowest BCUT2D eigenvalue weighted by Crippen LogP contribution is -1.85. The lowest BCUT2D eigenvalue weighted by Gasteiger charge is -1.99. The zero-order valence-electron chi connectivity index (χ0n) is 6.88. The molecule has 0 radical (unpaired) electrons. The number of anilines is 1. The Morgan fingerprint density at radius 1 is 1.50 bits per heavy atom. The summed E-state index contributed by atoms with van der Waals surface area (Å²) < 4.78 is 0. The third-order valence-electron chi connectivity index (χ3n) is 1.53. The Morgan fingerprint density at radius 2 is 2.25 bits per heavy atom. The first-order valence-corrected chi connectivity index (χ1v) is 3.64. The van der Waals surface area contributed by atoms with Gasteiger partial charge in [-0.3, -0.25) is 0 Å². The number of rotatable bonds is 2. The maximum Gasteiger partial charge on any atom is 0.0320 e. The van der Waals surface area contributed by atoms with Gasteiger partial charge in [-0.1, -0.05) is 25.3 Å². The third kappa shape index (κ3) is 1.88. The van der Waals surface area contributed by atoms with E-state index < -0.39 is 0 Å². The molecular weight excluding hydrogens is 146 g/mol. The lowest BCUT2D eigenvalue weighted by molar-refractivity contribution is 1.62. The smallest absolute Gasteiger partial charge is 0.0320 e. The fourth-order valence-electron chi connectivity index (χ4n) is 0.945. The normalized spacial score (nSPS) is 8.67. The van der Waals surface area contributed by atoms with Gasteiger partial charge in [-0.2, -0.15) is 0 Å². The second-order valence-corrected chi connectivity index (χ2v) is 2.50. The topological polar surface area (TPSA) is 26.0 Å². The van der Waals surface area contributed by atoms with Gasteiger partial charge in [0, 0.05) is 5.69 Å². The van der Waals surface area contributed by atoms with E-state index in [-0.39, 0.29) is 0 Å². The van der Waals surface area contributed by atoms with E-state index in [0.29, 0.717) is 0 Å². The molecule has 0 saturated heterocycles. The molecule has 1 rings (SSSR count). The summed E-state index contributed by atoms with van der Waals surface area (Å²) in [4.78, 5) is 0. The second kappa shape index (κ2) is 3.61. The van der Waals surface area contributed by atoms with Crippen molar-refractivity contribution in [1.82, 2.24) is 0 Å². The fourth-order valence-corrected chi connectivity index (χ4v) is 0.945. The summed E-state index contributed by atoms with van der Waals surface area (Å²) in [5.41, 5.74) is 10.9. The SMILES string of the molecule is C=C=CC(=C)c1cccc(N)c1. The van der Waals surface area contributed by atoms with Crippen LogP contribution in [-0.4, -0.2) is 0 Å². The van der Waals surface area contributed by atoms with Gasteiger partial charge in [0.25, 0.3) is 0 Å². The highest BCUT2D eigenvalue weighted by atomic mass is 14.5. The van der Waals surface area contributed by atoms with E-state index in [2.05, 4.69) is 18.9 Å². The van der Waals surface area contributed by atoms with Crippen molar-refractivity contribution < 1.29 is 0 Å². The molecule has 0 spiro atoms. The minimum atomic E-state index is 0.742. The molecule has 2 N–H and O–H groups in total. The van der Waals surface area contributed by atoms with Crippen molar-refractivity contribution in [2.45, 2.75) is 0 Å². The van der Waals surface area contributed by atoms with Gasteiger partial charge in [-0.25, -0.2) is 0 Å². The van der Waals surface area contributed by atoms with E-state index in [1.165, 1.54) is 0 Å². The van der Waals surface area contributed by atoms with E-state index in [1.807, 2.05) is 24.3 Å². The van der Waals surface area contributed by atoms with Crippen LogP contribution in [0, 0.1) is 0 Å². The van der Waals surface area contributed by atoms with Gasteiger partial charge in [-0.15, -0.1) is 5.73 Å². The molecule has 0 amide bonds. The van der Waals surface area contributed by atoms with E-state index >= 15 is 0 Å². The Kier molecular flexibility index (Phi) is 2.52. The average Bonchev–Trinajstić information content (AvgIpc) is 2.05. The molecule has 1 heteroatoms. The summed E-state index contributed by atoms with van der Waals surface area (Å²) in [7, 11) is 0. The van der Waals surface area contributed by atoms with Crippen LogP contribution in [0.25, 0.3) is 5.57 Å². The predicted molar refractivity (Wildman–Crippen MR) is 53.6 cm³/mol. The minimum absolute atomic E-state index is 0.742. The van der Waals surface area contributed by atoms with Crippen molar-refractivity contribution in [2.75, 3.05) is 5.73 Å². The average molecular weight is 157 g/mol. The van der Waals surface area contributed by atoms with Gasteiger partial charge in [0.2, 0.25) is 0 Å². The summed E-state index contributed by atoms with van der Waals surface area (Å²) in [6.45, 7) is 7.32. The van der Waals surface area contributed by atoms with Crippen molar-refractivity contribution in [3.63, 3.8) is 0 Å². The van der Waals surface area contributed by atoms with Crippen LogP contribution < -0.4 is 5.73 Å². The van der Waals surface area contributed by atoms with Gasteiger partial charge in [-0.05, 0) is 29.3 Å². The Bertz CT molecular complexity index is 344. The van der Waals surface area contributed by atoms with Crippen LogP contribution >= 0.6 is 0 Å². The first-order valence-electron chi connectivity index (χ1n) is 3.64. The van der Waals surface area contributed by atoms with Crippen LogP contribution in [0.4, 0.5) is 5.69 Å². The van der Waals surface area contributed by atoms with Crippen LogP contribution in [0.2, 0.25) is 0 Å². The van der Waals surface area contributed by atoms with Gasteiger partial charge in [0.1, 0.15) is 0 Å². The number of hydrogen-bond donors (Lipinski definition) is 1. The van der Waals surface area contributed by atoms with Crippen LogP contribution in [0.5, 0.6) is 0 Å². The summed E-state index contributed by atoms with van der Waals surface area (Å²) >= 11 is 0. The standard InChI is InChI=1S/C11H11N/c1-3-5-9(2)10-6-4-7-11(12)8-10/h4-8H,1-2,12H2. The second-order valence-electron chi connectivity index (χ2n) is 2.50. The largest absolute Gasteiger partial charge is 0.399 e. The number of nitrogens with two attached hydrogens (primary N) is 1. The van der Waals surface area contributed by atoms with Crippen LogP contribution in [-0.2, 0) is 0 Å². The van der Waals surface area contributed by atoms with Crippen molar-refractivity contribution in [1.29, 1.82) is 0 Å². The summed E-state index contributed by atoms with van der Waals surface area (Å²) in [6, 6.07) is 7.56. The van der Waals surface area contributed by atoms with E-state index in [1.54, 1.807) is 6.08 Å². The Hall–Kier alpha value is -1.72. The van der Waals surface area contributed by atoms with E-state index in [0.717, 1.165) is 16.8 Å². The Morgan fingerprint density at radius 3 is 2.83 bits per heavy atom. The van der Waals surface area contributed by atoms with Crippen LogP contribution in [0.1, 0.15) is 5.56 Å². The molecule has 0 fully saturated rings. The molecule has 1 nitrogen and oxygen atoms in total. The predicted octanol–water partition coefficient (Wildman–Crippen LogP) is 2.62. The molecule has 60 valence electrons. The van der Waals surface area contributed by atoms with Crippen molar-refractivity contribution in [2.24, 2.45) is 0 Å². The fraction of sp³-hybridized carbons (Fsp3) is 0. The number of nitrogen functional groups attached to an aromatic ring is 1. The molecule has 1 aromatic carbocycles. The summed E-state index contributed by atoms with van der Waals surface area (Å²) in [5, 5.41) is 0. The quantitative estimate of drug-likeness (QED) is 0.398. The Labute approximate surface area is 72.5 Å². The first-order chi connectivity index (χ1) is 5.74. The maximum absolute atomic E-state index is 5.60. The number of allylic oxidation sites excluding steroid dienone is 2. The van der Waals surface area contributed by atoms with Crippen molar-refractivity contribution in [3.8, 4) is 0 Å². The molecule has 0 aliphatic heterocycles. The van der Waals surface area contributed by atoms with E-state index in [4.69, 9.17) is 5.73 Å². The molecule has 0 atom stereocenters. The molecule has 0 aliphatic rings. The van der Waals surface area contributed by atoms with Crippen molar-refractivity contribution >= 4 is 11.3 Å². The lowest BCUT2D eigenvalue weighted by atomic mass is 10.1. The zero-order chi connectivity index (χ0) is 8.97. The van der Waals surface area contributed by atoms with Gasteiger partial charge < -0.3 is 5.73 Å². The molecule has 0 heterocycles. The van der Waals surface area contributed by atoms with Crippen molar-refractivity contribution in [3.05, 3.63) is 54.8 Å². The highest BCUT2D eigenvalue weighted by Gasteiger charge is 1.93. The summed E-state index contributed by atoms with van der Waals surface area (Å²) in [6.07, 6.45) is 1.73. The first kappa shape index (κ1) is 8.38. The molecule has 0 unspecified atom stereocenters. The highest BCUT2D eigenvalue weighted by molar-refractivity contribution is 5.73.